The third kappa shape index (κ3) is 4.74. The fraction of sp³-hybridized carbons (Fsp3) is 0.786. The molecule has 6 heteroatoms. The van der Waals surface area contributed by atoms with E-state index in [4.69, 9.17) is 0 Å². The van der Waals surface area contributed by atoms with Crippen molar-refractivity contribution in [1.82, 2.24) is 10.3 Å². The van der Waals surface area contributed by atoms with Gasteiger partial charge >= 0.3 is 6.18 Å². The van der Waals surface area contributed by atoms with E-state index in [1.54, 1.807) is 0 Å². The molecule has 0 radical (unpaired) electrons. The highest BCUT2D eigenvalue weighted by molar-refractivity contribution is 7.11. The van der Waals surface area contributed by atoms with Crippen LogP contribution in [-0.4, -0.2) is 11.5 Å². The summed E-state index contributed by atoms with van der Waals surface area (Å²) in [5.41, 5.74) is 0. The predicted octanol–water partition coefficient (Wildman–Crippen LogP) is 5.03. The van der Waals surface area contributed by atoms with E-state index in [0.717, 1.165) is 43.6 Å². The van der Waals surface area contributed by atoms with E-state index in [2.05, 4.69) is 24.1 Å². The minimum atomic E-state index is -4.34. The Morgan fingerprint density at radius 3 is 2.20 bits per heavy atom. The summed E-state index contributed by atoms with van der Waals surface area (Å²) in [5.74, 6) is 0.367. The summed E-state index contributed by atoms with van der Waals surface area (Å²) < 4.78 is 38.0. The summed E-state index contributed by atoms with van der Waals surface area (Å²) in [5, 5.41) is 2.59. The maximum absolute atomic E-state index is 12.7. The van der Waals surface area contributed by atoms with Crippen molar-refractivity contribution in [2.24, 2.45) is 5.92 Å². The van der Waals surface area contributed by atoms with Crippen molar-refractivity contribution in [3.8, 4) is 0 Å². The molecule has 0 saturated heterocycles. The van der Waals surface area contributed by atoms with Crippen molar-refractivity contribution < 1.29 is 13.2 Å². The second-order valence-electron chi connectivity index (χ2n) is 4.94. The fourth-order valence-corrected chi connectivity index (χ4v) is 3.45. The lowest BCUT2D eigenvalue weighted by Crippen LogP contribution is -2.27. The molecule has 0 aliphatic carbocycles. The molecule has 1 aromatic rings. The zero-order valence-corrected chi connectivity index (χ0v) is 13.1. The Labute approximate surface area is 122 Å². The van der Waals surface area contributed by atoms with E-state index < -0.39 is 11.2 Å². The van der Waals surface area contributed by atoms with E-state index in [9.17, 15) is 13.2 Å². The molecular formula is C14H23F3N2S. The first-order valence-corrected chi connectivity index (χ1v) is 8.01. The summed E-state index contributed by atoms with van der Waals surface area (Å²) in [4.78, 5) is 4.25. The molecule has 2 nitrogen and oxygen atoms in total. The molecule has 0 amide bonds. The number of hydrogen-bond acceptors (Lipinski definition) is 3. The van der Waals surface area contributed by atoms with Gasteiger partial charge < -0.3 is 5.32 Å². The molecular weight excluding hydrogens is 285 g/mol. The smallest absolute Gasteiger partial charge is 0.309 e. The summed E-state index contributed by atoms with van der Waals surface area (Å²) in [7, 11) is 0. The largest absolute Gasteiger partial charge is 0.443 e. The first-order valence-electron chi connectivity index (χ1n) is 7.20. The van der Waals surface area contributed by atoms with Gasteiger partial charge in [-0.25, -0.2) is 4.98 Å². The van der Waals surface area contributed by atoms with Gasteiger partial charge in [-0.3, -0.25) is 0 Å². The summed E-state index contributed by atoms with van der Waals surface area (Å²) >= 11 is 0.769. The monoisotopic (exact) mass is 308 g/mol. The molecule has 0 aliphatic rings. The topological polar surface area (TPSA) is 24.9 Å². The van der Waals surface area contributed by atoms with Crippen LogP contribution in [0.1, 0.15) is 62.4 Å². The number of halogens is 3. The van der Waals surface area contributed by atoms with Crippen LogP contribution in [0.5, 0.6) is 0 Å². The Morgan fingerprint density at radius 2 is 1.80 bits per heavy atom. The van der Waals surface area contributed by atoms with Crippen molar-refractivity contribution in [2.75, 3.05) is 6.54 Å². The van der Waals surface area contributed by atoms with Gasteiger partial charge in [-0.1, -0.05) is 33.6 Å². The maximum Gasteiger partial charge on any atom is 0.443 e. The van der Waals surface area contributed by atoms with Crippen LogP contribution >= 0.6 is 11.3 Å². The highest BCUT2D eigenvalue weighted by atomic mass is 32.1. The molecule has 1 N–H and O–H groups in total. The normalized spacial score (nSPS) is 13.9. The summed E-state index contributed by atoms with van der Waals surface area (Å²) in [6.45, 7) is 6.94. The van der Waals surface area contributed by atoms with E-state index in [1.807, 2.05) is 6.92 Å². The minimum Gasteiger partial charge on any atom is -0.309 e. The van der Waals surface area contributed by atoms with Crippen LogP contribution < -0.4 is 5.32 Å². The standard InChI is InChI=1S/C14H23F3N2S/c1-4-7-10(8-5-2)12(18-6-3)11-9-19-13(20-11)14(15,16)17/h9-10,12,18H,4-8H2,1-3H3. The number of rotatable bonds is 8. The number of thiazole rings is 1. The van der Waals surface area contributed by atoms with Crippen molar-refractivity contribution in [2.45, 2.75) is 58.7 Å². The number of nitrogens with zero attached hydrogens (tertiary/aromatic N) is 1. The molecule has 116 valence electrons. The lowest BCUT2D eigenvalue weighted by molar-refractivity contribution is -0.137. The second kappa shape index (κ2) is 7.98. The van der Waals surface area contributed by atoms with Crippen LogP contribution in [0.2, 0.25) is 0 Å². The zero-order chi connectivity index (χ0) is 15.2. The Morgan fingerprint density at radius 1 is 1.20 bits per heavy atom. The third-order valence-electron chi connectivity index (χ3n) is 3.29. The molecule has 1 atom stereocenters. The van der Waals surface area contributed by atoms with Gasteiger partial charge in [0, 0.05) is 17.1 Å². The quantitative estimate of drug-likeness (QED) is 0.728. The first-order chi connectivity index (χ1) is 9.43. The van der Waals surface area contributed by atoms with Crippen molar-refractivity contribution in [3.05, 3.63) is 16.1 Å². The summed E-state index contributed by atoms with van der Waals surface area (Å²) in [6, 6.07) is -0.0199. The van der Waals surface area contributed by atoms with Crippen LogP contribution in [0.15, 0.2) is 6.20 Å². The lowest BCUT2D eigenvalue weighted by Gasteiger charge is -2.26. The van der Waals surface area contributed by atoms with Gasteiger partial charge in [0.2, 0.25) is 0 Å². The molecule has 0 aliphatic heterocycles. The molecule has 0 aromatic carbocycles. The van der Waals surface area contributed by atoms with Gasteiger partial charge in [0.25, 0.3) is 0 Å². The van der Waals surface area contributed by atoms with E-state index in [0.29, 0.717) is 10.8 Å². The van der Waals surface area contributed by atoms with E-state index >= 15 is 0 Å². The average Bonchev–Trinajstić information content (AvgIpc) is 2.85. The van der Waals surface area contributed by atoms with Gasteiger partial charge in [-0.15, -0.1) is 11.3 Å². The molecule has 1 aromatic heterocycles. The Hall–Kier alpha value is -0.620. The zero-order valence-electron chi connectivity index (χ0n) is 12.3. The molecule has 1 heterocycles. The Balaban J connectivity index is 2.96. The fourth-order valence-electron chi connectivity index (χ4n) is 2.50. The predicted molar refractivity (Wildman–Crippen MR) is 76.8 cm³/mol. The van der Waals surface area contributed by atoms with Crippen LogP contribution in [0.25, 0.3) is 0 Å². The van der Waals surface area contributed by atoms with Gasteiger partial charge in [0.1, 0.15) is 0 Å². The number of nitrogens with one attached hydrogen (secondary N) is 1. The van der Waals surface area contributed by atoms with Gasteiger partial charge in [0.05, 0.1) is 0 Å². The number of aromatic nitrogens is 1. The molecule has 1 unspecified atom stereocenters. The minimum absolute atomic E-state index is 0.0199. The highest BCUT2D eigenvalue weighted by Crippen LogP contribution is 2.38. The van der Waals surface area contributed by atoms with Crippen molar-refractivity contribution in [3.63, 3.8) is 0 Å². The lowest BCUT2D eigenvalue weighted by atomic mass is 9.89. The van der Waals surface area contributed by atoms with Gasteiger partial charge in [-0.05, 0) is 25.3 Å². The SMILES string of the molecule is CCCC(CCC)C(NCC)c1cnc(C(F)(F)F)s1. The molecule has 0 spiro atoms. The Bertz CT molecular complexity index is 384. The third-order valence-corrected chi connectivity index (χ3v) is 4.41. The summed E-state index contributed by atoms with van der Waals surface area (Å²) in [6.07, 6.45) is 1.16. The molecule has 0 bridgehead atoms. The van der Waals surface area contributed by atoms with Crippen molar-refractivity contribution in [1.29, 1.82) is 0 Å². The van der Waals surface area contributed by atoms with Crippen LogP contribution in [0.4, 0.5) is 13.2 Å². The van der Waals surface area contributed by atoms with Crippen molar-refractivity contribution >= 4 is 11.3 Å². The number of alkyl halides is 3. The first kappa shape index (κ1) is 17.4. The van der Waals surface area contributed by atoms with E-state index in [1.165, 1.54) is 6.20 Å². The van der Waals surface area contributed by atoms with Crippen LogP contribution in [0.3, 0.4) is 0 Å². The highest BCUT2D eigenvalue weighted by Gasteiger charge is 2.36. The van der Waals surface area contributed by atoms with Gasteiger partial charge in [-0.2, -0.15) is 13.2 Å². The maximum atomic E-state index is 12.7. The second-order valence-corrected chi connectivity index (χ2v) is 6.00. The molecule has 0 saturated carbocycles. The average molecular weight is 308 g/mol. The van der Waals surface area contributed by atoms with Gasteiger partial charge in [0.15, 0.2) is 5.01 Å². The molecule has 20 heavy (non-hydrogen) atoms. The Kier molecular flexibility index (Phi) is 6.95. The van der Waals surface area contributed by atoms with E-state index in [-0.39, 0.29) is 6.04 Å². The molecule has 1 rings (SSSR count). The molecule has 0 fully saturated rings. The van der Waals surface area contributed by atoms with Crippen LogP contribution in [0, 0.1) is 5.92 Å². The van der Waals surface area contributed by atoms with Crippen LogP contribution in [-0.2, 0) is 6.18 Å². The number of hydrogen-bond donors (Lipinski definition) is 1.